The van der Waals surface area contributed by atoms with Crippen LogP contribution in [0.3, 0.4) is 0 Å². The number of ether oxygens (including phenoxy) is 2. The van der Waals surface area contributed by atoms with E-state index in [9.17, 15) is 9.59 Å². The normalized spacial score (nSPS) is 15.0. The highest BCUT2D eigenvalue weighted by atomic mass is 32.1. The molecule has 2 aromatic carbocycles. The number of amides is 1. The summed E-state index contributed by atoms with van der Waals surface area (Å²) in [5, 5.41) is 3.38. The second-order valence-corrected chi connectivity index (χ2v) is 8.76. The zero-order chi connectivity index (χ0) is 22.1. The minimum Gasteiger partial charge on any atom is -0.486 e. The number of aryl methyl sites for hydroxylation is 1. The number of rotatable bonds is 5. The minimum atomic E-state index is -0.296. The smallest absolute Gasteiger partial charge is 0.263 e. The molecule has 3 heterocycles. The van der Waals surface area contributed by atoms with E-state index in [0.717, 1.165) is 16.0 Å². The van der Waals surface area contributed by atoms with Crippen molar-refractivity contribution in [3.63, 3.8) is 0 Å². The van der Waals surface area contributed by atoms with Crippen molar-refractivity contribution in [2.24, 2.45) is 0 Å². The maximum Gasteiger partial charge on any atom is 0.263 e. The highest BCUT2D eigenvalue weighted by molar-refractivity contribution is 7.19. The van der Waals surface area contributed by atoms with E-state index in [1.54, 1.807) is 0 Å². The van der Waals surface area contributed by atoms with Crippen LogP contribution in [-0.2, 0) is 11.3 Å². The Bertz CT molecular complexity index is 1350. The van der Waals surface area contributed by atoms with Crippen molar-refractivity contribution in [2.75, 3.05) is 13.2 Å². The van der Waals surface area contributed by atoms with Crippen molar-refractivity contribution >= 4 is 27.5 Å². The molecule has 0 spiro atoms. The van der Waals surface area contributed by atoms with E-state index in [4.69, 9.17) is 9.47 Å². The molecule has 0 radical (unpaired) electrons. The molecule has 0 saturated carbocycles. The topological polar surface area (TPSA) is 82.5 Å². The van der Waals surface area contributed by atoms with E-state index in [1.165, 1.54) is 22.2 Å². The van der Waals surface area contributed by atoms with Gasteiger partial charge in [0.2, 0.25) is 5.91 Å². The van der Waals surface area contributed by atoms with Gasteiger partial charge in [0.25, 0.3) is 5.56 Å². The van der Waals surface area contributed by atoms with Crippen LogP contribution in [0.4, 0.5) is 0 Å². The molecule has 0 saturated heterocycles. The largest absolute Gasteiger partial charge is 0.486 e. The van der Waals surface area contributed by atoms with Crippen LogP contribution in [0.5, 0.6) is 11.5 Å². The van der Waals surface area contributed by atoms with E-state index in [2.05, 4.69) is 10.3 Å². The predicted molar refractivity (Wildman–Crippen MR) is 123 cm³/mol. The molecule has 7 nitrogen and oxygen atoms in total. The third-order valence-electron chi connectivity index (χ3n) is 5.33. The summed E-state index contributed by atoms with van der Waals surface area (Å²) in [5.41, 5.74) is 1.62. The summed E-state index contributed by atoms with van der Waals surface area (Å²) in [6.07, 6.45) is 1.14. The van der Waals surface area contributed by atoms with E-state index in [1.807, 2.05) is 61.5 Å². The van der Waals surface area contributed by atoms with Crippen LogP contribution >= 0.6 is 11.3 Å². The van der Waals surface area contributed by atoms with Crippen molar-refractivity contribution in [3.8, 4) is 22.6 Å². The van der Waals surface area contributed by atoms with Crippen molar-refractivity contribution in [1.82, 2.24) is 14.9 Å². The Kier molecular flexibility index (Phi) is 5.36. The summed E-state index contributed by atoms with van der Waals surface area (Å²) in [6.45, 7) is 2.49. The average Bonchev–Trinajstić information content (AvgIpc) is 3.16. The number of carbonyl (C=O) groups excluding carboxylic acids is 1. The Balaban J connectivity index is 1.32. The van der Waals surface area contributed by atoms with Gasteiger partial charge in [0, 0.05) is 10.4 Å². The van der Waals surface area contributed by atoms with Crippen LogP contribution in [0, 0.1) is 6.92 Å². The third kappa shape index (κ3) is 3.85. The number of carbonyl (C=O) groups is 1. The number of aromatic nitrogens is 2. The van der Waals surface area contributed by atoms with Crippen LogP contribution < -0.4 is 20.3 Å². The zero-order valence-corrected chi connectivity index (χ0v) is 18.2. The van der Waals surface area contributed by atoms with Crippen molar-refractivity contribution in [1.29, 1.82) is 0 Å². The number of nitrogens with zero attached hydrogens (tertiary/aromatic N) is 2. The monoisotopic (exact) mass is 447 g/mol. The molecule has 0 unspecified atom stereocenters. The Hall–Kier alpha value is -3.65. The first-order valence-electron chi connectivity index (χ1n) is 10.3. The quantitative estimate of drug-likeness (QED) is 0.507. The number of fused-ring (bicyclic) bond motifs is 2. The average molecular weight is 448 g/mol. The number of nitrogens with one attached hydrogen (secondary N) is 1. The Morgan fingerprint density at radius 1 is 1.16 bits per heavy atom. The van der Waals surface area contributed by atoms with E-state index < -0.39 is 0 Å². The lowest BCUT2D eigenvalue weighted by Gasteiger charge is -2.26. The molecular formula is C24H21N3O4S. The van der Waals surface area contributed by atoms with Gasteiger partial charge in [0.05, 0.1) is 18.3 Å². The fourth-order valence-corrected chi connectivity index (χ4v) is 4.81. The molecular weight excluding hydrogens is 426 g/mol. The molecule has 1 N–H and O–H groups in total. The molecule has 1 aliphatic rings. The molecule has 5 rings (SSSR count). The maximum atomic E-state index is 13.2. The van der Waals surface area contributed by atoms with Gasteiger partial charge in [-0.05, 0) is 24.6 Å². The SMILES string of the molecule is Cc1sc2ncn(CC(=O)NC[C@H]3COc4ccccc4O3)c(=O)c2c1-c1ccccc1. The highest BCUT2D eigenvalue weighted by Crippen LogP contribution is 2.35. The van der Waals surface area contributed by atoms with Gasteiger partial charge < -0.3 is 14.8 Å². The molecule has 32 heavy (non-hydrogen) atoms. The van der Waals surface area contributed by atoms with Gasteiger partial charge in [-0.3, -0.25) is 14.2 Å². The summed E-state index contributed by atoms with van der Waals surface area (Å²) in [7, 11) is 0. The van der Waals surface area contributed by atoms with Crippen molar-refractivity contribution in [3.05, 3.63) is 76.2 Å². The Morgan fingerprint density at radius 2 is 1.91 bits per heavy atom. The first-order valence-corrected chi connectivity index (χ1v) is 11.1. The van der Waals surface area contributed by atoms with Gasteiger partial charge in [-0.15, -0.1) is 11.3 Å². The van der Waals surface area contributed by atoms with Gasteiger partial charge in [0.15, 0.2) is 11.5 Å². The fraction of sp³-hybridized carbons (Fsp3) is 0.208. The third-order valence-corrected chi connectivity index (χ3v) is 6.34. The number of para-hydroxylation sites is 2. The van der Waals surface area contributed by atoms with Gasteiger partial charge in [-0.1, -0.05) is 42.5 Å². The van der Waals surface area contributed by atoms with Gasteiger partial charge >= 0.3 is 0 Å². The molecule has 162 valence electrons. The lowest BCUT2D eigenvalue weighted by Crippen LogP contribution is -2.42. The lowest BCUT2D eigenvalue weighted by molar-refractivity contribution is -0.122. The van der Waals surface area contributed by atoms with Crippen LogP contribution in [0.1, 0.15) is 4.88 Å². The summed E-state index contributed by atoms with van der Waals surface area (Å²) in [4.78, 5) is 31.9. The molecule has 1 aliphatic heterocycles. The number of benzene rings is 2. The molecule has 0 aliphatic carbocycles. The van der Waals surface area contributed by atoms with E-state index >= 15 is 0 Å². The Morgan fingerprint density at radius 3 is 2.72 bits per heavy atom. The predicted octanol–water partition coefficient (Wildman–Crippen LogP) is 3.39. The highest BCUT2D eigenvalue weighted by Gasteiger charge is 2.22. The number of thiophene rings is 1. The fourth-order valence-electron chi connectivity index (χ4n) is 3.80. The second-order valence-electron chi connectivity index (χ2n) is 7.56. The summed E-state index contributed by atoms with van der Waals surface area (Å²) >= 11 is 1.48. The first-order chi connectivity index (χ1) is 15.6. The first kappa shape index (κ1) is 20.3. The van der Waals surface area contributed by atoms with Crippen LogP contribution in [0.15, 0.2) is 65.7 Å². The van der Waals surface area contributed by atoms with Gasteiger partial charge in [0.1, 0.15) is 24.1 Å². The van der Waals surface area contributed by atoms with Gasteiger partial charge in [-0.25, -0.2) is 4.98 Å². The summed E-state index contributed by atoms with van der Waals surface area (Å²) < 4.78 is 12.9. The van der Waals surface area contributed by atoms with Crippen LogP contribution in [0.2, 0.25) is 0 Å². The standard InChI is InChI=1S/C24H21N3O4S/c1-15-21(16-7-3-2-4-8-16)22-23(32-15)26-14-27(24(22)29)12-20(28)25-11-17-13-30-18-9-5-6-10-19(18)31-17/h2-10,14,17H,11-13H2,1H3,(H,25,28)/t17-/m0/s1. The van der Waals surface area contributed by atoms with E-state index in [-0.39, 0.29) is 30.7 Å². The molecule has 4 aromatic rings. The minimum absolute atomic E-state index is 0.116. The summed E-state index contributed by atoms with van der Waals surface area (Å²) in [6, 6.07) is 17.2. The van der Waals surface area contributed by atoms with Crippen molar-refractivity contribution < 1.29 is 14.3 Å². The molecule has 2 aromatic heterocycles. The molecule has 1 amide bonds. The van der Waals surface area contributed by atoms with E-state index in [0.29, 0.717) is 28.3 Å². The summed E-state index contributed by atoms with van der Waals surface area (Å²) in [5.74, 6) is 1.07. The second kappa shape index (κ2) is 8.47. The zero-order valence-electron chi connectivity index (χ0n) is 17.4. The lowest BCUT2D eigenvalue weighted by atomic mass is 10.0. The maximum absolute atomic E-state index is 13.2. The Labute approximate surface area is 188 Å². The molecule has 8 heteroatoms. The van der Waals surface area contributed by atoms with Crippen LogP contribution in [0.25, 0.3) is 21.3 Å². The number of hydrogen-bond acceptors (Lipinski definition) is 6. The van der Waals surface area contributed by atoms with Crippen LogP contribution in [-0.4, -0.2) is 34.7 Å². The molecule has 0 fully saturated rings. The van der Waals surface area contributed by atoms with Gasteiger partial charge in [-0.2, -0.15) is 0 Å². The molecule has 1 atom stereocenters. The van der Waals surface area contributed by atoms with Crippen molar-refractivity contribution in [2.45, 2.75) is 19.6 Å². The number of hydrogen-bond donors (Lipinski definition) is 1. The molecule has 0 bridgehead atoms.